The zero-order chi connectivity index (χ0) is 25.2. The molecular formula is C27H24F3NO3S. The van der Waals surface area contributed by atoms with E-state index in [1.54, 1.807) is 54.6 Å². The van der Waals surface area contributed by atoms with E-state index in [-0.39, 0.29) is 18.0 Å². The summed E-state index contributed by atoms with van der Waals surface area (Å²) in [5.74, 6) is 0. The fourth-order valence-electron chi connectivity index (χ4n) is 3.77. The maximum absolute atomic E-state index is 13.8. The minimum atomic E-state index is -4.46. The van der Waals surface area contributed by atoms with E-state index >= 15 is 0 Å². The van der Waals surface area contributed by atoms with E-state index in [0.29, 0.717) is 22.4 Å². The van der Waals surface area contributed by atoms with E-state index in [2.05, 4.69) is 6.58 Å². The summed E-state index contributed by atoms with van der Waals surface area (Å²) in [6.45, 7) is 5.90. The Bertz CT molecular complexity index is 1330. The van der Waals surface area contributed by atoms with Gasteiger partial charge in [0, 0.05) is 0 Å². The summed E-state index contributed by atoms with van der Waals surface area (Å²) in [5, 5.41) is 0. The largest absolute Gasteiger partial charge is 0.416 e. The molecule has 1 heterocycles. The van der Waals surface area contributed by atoms with Crippen LogP contribution in [0.3, 0.4) is 0 Å². The van der Waals surface area contributed by atoms with Gasteiger partial charge in [0.25, 0.3) is 10.0 Å². The quantitative estimate of drug-likeness (QED) is 0.392. The Kier molecular flexibility index (Phi) is 6.87. The third kappa shape index (κ3) is 5.49. The lowest BCUT2D eigenvalue weighted by Gasteiger charge is -2.32. The first-order valence-corrected chi connectivity index (χ1v) is 12.3. The van der Waals surface area contributed by atoms with Crippen LogP contribution >= 0.6 is 0 Å². The zero-order valence-corrected chi connectivity index (χ0v) is 19.8. The first-order chi connectivity index (χ1) is 16.6. The number of ether oxygens (including phenoxy) is 1. The van der Waals surface area contributed by atoms with Crippen molar-refractivity contribution in [2.45, 2.75) is 24.1 Å². The molecule has 0 fully saturated rings. The first kappa shape index (κ1) is 24.8. The highest BCUT2D eigenvalue weighted by molar-refractivity contribution is 7.89. The topological polar surface area (TPSA) is 46.6 Å². The predicted octanol–water partition coefficient (Wildman–Crippen LogP) is 6.37. The van der Waals surface area contributed by atoms with Crippen LogP contribution in [0.5, 0.6) is 0 Å². The smallest absolute Gasteiger partial charge is 0.365 e. The van der Waals surface area contributed by atoms with Gasteiger partial charge in [0.15, 0.2) is 0 Å². The fourth-order valence-corrected chi connectivity index (χ4v) is 5.28. The van der Waals surface area contributed by atoms with Gasteiger partial charge in [-0.15, -0.1) is 0 Å². The van der Waals surface area contributed by atoms with Crippen molar-refractivity contribution in [2.75, 3.05) is 13.2 Å². The summed E-state index contributed by atoms with van der Waals surface area (Å²) >= 11 is 0. The lowest BCUT2D eigenvalue weighted by molar-refractivity contribution is -0.137. The van der Waals surface area contributed by atoms with Crippen molar-refractivity contribution in [1.29, 1.82) is 0 Å². The highest BCUT2D eigenvalue weighted by atomic mass is 32.2. The number of hydrogen-bond acceptors (Lipinski definition) is 3. The van der Waals surface area contributed by atoms with Crippen LogP contribution in [-0.2, 0) is 20.9 Å². The number of aryl methyl sites for hydroxylation is 1. The van der Waals surface area contributed by atoms with Crippen molar-refractivity contribution in [2.24, 2.45) is 0 Å². The number of benzene rings is 3. The van der Waals surface area contributed by atoms with Crippen molar-refractivity contribution in [3.05, 3.63) is 119 Å². The molecular weight excluding hydrogens is 475 g/mol. The number of alkyl halides is 3. The van der Waals surface area contributed by atoms with Crippen LogP contribution in [0.4, 0.5) is 13.2 Å². The van der Waals surface area contributed by atoms with Gasteiger partial charge in [-0.1, -0.05) is 66.7 Å². The Morgan fingerprint density at radius 2 is 1.57 bits per heavy atom. The van der Waals surface area contributed by atoms with Gasteiger partial charge < -0.3 is 4.74 Å². The van der Waals surface area contributed by atoms with Crippen molar-refractivity contribution in [3.8, 4) is 0 Å². The van der Waals surface area contributed by atoms with E-state index in [0.717, 1.165) is 17.7 Å². The summed E-state index contributed by atoms with van der Waals surface area (Å²) < 4.78 is 74.0. The molecule has 0 saturated carbocycles. The van der Waals surface area contributed by atoms with E-state index in [4.69, 9.17) is 4.74 Å². The molecule has 35 heavy (non-hydrogen) atoms. The van der Waals surface area contributed by atoms with Crippen LogP contribution in [0.1, 0.15) is 28.4 Å². The summed E-state index contributed by atoms with van der Waals surface area (Å²) in [6, 6.07) is 20.2. The van der Waals surface area contributed by atoms with Crippen LogP contribution in [-0.4, -0.2) is 25.9 Å². The fraction of sp³-hybridized carbons (Fsp3) is 0.185. The molecule has 4 rings (SSSR count). The Morgan fingerprint density at radius 3 is 2.17 bits per heavy atom. The highest BCUT2D eigenvalue weighted by Gasteiger charge is 2.32. The van der Waals surface area contributed by atoms with E-state index in [1.165, 1.54) is 16.4 Å². The van der Waals surface area contributed by atoms with Crippen LogP contribution in [0.2, 0.25) is 0 Å². The summed E-state index contributed by atoms with van der Waals surface area (Å²) in [4.78, 5) is 0.130. The molecule has 4 nitrogen and oxygen atoms in total. The summed E-state index contributed by atoms with van der Waals surface area (Å²) in [6.07, 6.45) is -3.62. The third-order valence-electron chi connectivity index (χ3n) is 5.66. The van der Waals surface area contributed by atoms with E-state index in [9.17, 15) is 21.6 Å². The lowest BCUT2D eigenvalue weighted by Crippen LogP contribution is -2.34. The zero-order valence-electron chi connectivity index (χ0n) is 19.0. The molecule has 1 aliphatic rings. The molecule has 0 N–H and O–H groups in total. The molecule has 8 heteroatoms. The van der Waals surface area contributed by atoms with Crippen LogP contribution < -0.4 is 0 Å². The summed E-state index contributed by atoms with van der Waals surface area (Å²) in [5.41, 5.74) is 2.12. The molecule has 0 bridgehead atoms. The van der Waals surface area contributed by atoms with E-state index in [1.807, 2.05) is 13.0 Å². The van der Waals surface area contributed by atoms with Crippen LogP contribution in [0.25, 0.3) is 5.70 Å². The third-order valence-corrected chi connectivity index (χ3v) is 7.43. The molecule has 0 aromatic heterocycles. The van der Waals surface area contributed by atoms with Crippen molar-refractivity contribution in [3.63, 3.8) is 0 Å². The number of rotatable bonds is 4. The second-order valence-corrected chi connectivity index (χ2v) is 10.2. The standard InChI is InChI=1S/C27H24F3NO3S/c1-19-8-14-24(15-9-19)35(32,33)31-17-20(2)18-34-26(16-25(31)21-6-4-3-5-7-21)22-10-12-23(13-11-22)27(28,29)30/h3-16,26H,2,17-18H2,1H3/b25-16-. The normalized spacial score (nSPS) is 19.0. The molecule has 1 aliphatic heterocycles. The molecule has 182 valence electrons. The van der Waals surface area contributed by atoms with Crippen molar-refractivity contribution >= 4 is 15.7 Å². The van der Waals surface area contributed by atoms with E-state index < -0.39 is 27.9 Å². The number of halogens is 3. The van der Waals surface area contributed by atoms with Crippen LogP contribution in [0.15, 0.2) is 102 Å². The number of hydrogen-bond donors (Lipinski definition) is 0. The molecule has 3 aromatic carbocycles. The van der Waals surface area contributed by atoms with Crippen molar-refractivity contribution in [1.82, 2.24) is 4.31 Å². The molecule has 0 radical (unpaired) electrons. The predicted molar refractivity (Wildman–Crippen MR) is 129 cm³/mol. The van der Waals surface area contributed by atoms with Crippen molar-refractivity contribution < 1.29 is 26.3 Å². The monoisotopic (exact) mass is 499 g/mol. The maximum Gasteiger partial charge on any atom is 0.416 e. The second-order valence-electron chi connectivity index (χ2n) is 8.34. The lowest BCUT2D eigenvalue weighted by atomic mass is 10.0. The molecule has 0 aliphatic carbocycles. The average Bonchev–Trinajstić information content (AvgIpc) is 2.82. The Labute approximate surface area is 203 Å². The molecule has 1 atom stereocenters. The number of nitrogens with zero attached hydrogens (tertiary/aromatic N) is 1. The Balaban J connectivity index is 1.85. The van der Waals surface area contributed by atoms with Gasteiger partial charge in [-0.2, -0.15) is 13.2 Å². The molecule has 0 spiro atoms. The maximum atomic E-state index is 13.8. The minimum absolute atomic E-state index is 0.00330. The molecule has 0 saturated heterocycles. The highest BCUT2D eigenvalue weighted by Crippen LogP contribution is 2.35. The Hall–Kier alpha value is -3.36. The molecule has 3 aromatic rings. The van der Waals surface area contributed by atoms with Gasteiger partial charge >= 0.3 is 6.18 Å². The average molecular weight is 500 g/mol. The van der Waals surface area contributed by atoms with Gasteiger partial charge in [0.1, 0.15) is 6.10 Å². The minimum Gasteiger partial charge on any atom is -0.365 e. The van der Waals surface area contributed by atoms with Gasteiger partial charge in [-0.05, 0) is 54.0 Å². The second kappa shape index (κ2) is 9.71. The number of sulfonamides is 1. The van der Waals surface area contributed by atoms with Crippen LogP contribution in [0, 0.1) is 6.92 Å². The molecule has 0 amide bonds. The van der Waals surface area contributed by atoms with Gasteiger partial charge in [-0.3, -0.25) is 4.31 Å². The summed E-state index contributed by atoms with van der Waals surface area (Å²) in [7, 11) is -3.98. The van der Waals surface area contributed by atoms with Gasteiger partial charge in [-0.25, -0.2) is 8.42 Å². The Morgan fingerprint density at radius 1 is 0.943 bits per heavy atom. The first-order valence-electron chi connectivity index (χ1n) is 10.9. The molecule has 1 unspecified atom stereocenters. The van der Waals surface area contributed by atoms with Gasteiger partial charge in [0.2, 0.25) is 0 Å². The van der Waals surface area contributed by atoms with Gasteiger partial charge in [0.05, 0.1) is 29.3 Å². The SMILES string of the molecule is C=C1COC(c2ccc(C(F)(F)F)cc2)/C=C(/c2ccccc2)N(S(=O)(=O)c2ccc(C)cc2)C1.